The SMILES string of the molecule is CC1(C)S[C@@H]2[C@H](N=CN3CCCCCC3)C(=O)N2[C@H]1C(=O)O.CC1(C)S[C@@H]2[C@H](N=CN3CCCCCC3)C(=O)N2[C@H]1C(=O)O. The monoisotopic (exact) mass is 650 g/mol. The Kier molecular flexibility index (Phi) is 9.79. The summed E-state index contributed by atoms with van der Waals surface area (Å²) in [6.07, 6.45) is 13.3. The van der Waals surface area contributed by atoms with E-state index in [2.05, 4.69) is 19.8 Å². The van der Waals surface area contributed by atoms with Gasteiger partial charge >= 0.3 is 11.9 Å². The fourth-order valence-corrected chi connectivity index (χ4v) is 10.3. The number of amides is 2. The summed E-state index contributed by atoms with van der Waals surface area (Å²) in [5.74, 6) is -2.16. The highest BCUT2D eigenvalue weighted by atomic mass is 32.2. The van der Waals surface area contributed by atoms with E-state index >= 15 is 0 Å². The number of thioether (sulfide) groups is 2. The molecule has 0 spiro atoms. The molecule has 6 heterocycles. The number of carbonyl (C=O) groups is 4. The van der Waals surface area contributed by atoms with Crippen molar-refractivity contribution >= 4 is 60.0 Å². The minimum absolute atomic E-state index is 0.133. The highest BCUT2D eigenvalue weighted by molar-refractivity contribution is 8.02. The van der Waals surface area contributed by atoms with Crippen LogP contribution in [0.2, 0.25) is 0 Å². The number of likely N-dealkylation sites (tertiary alicyclic amines) is 2. The molecule has 44 heavy (non-hydrogen) atoms. The molecule has 0 radical (unpaired) electrons. The summed E-state index contributed by atoms with van der Waals surface area (Å²) in [4.78, 5) is 63.8. The zero-order chi connectivity index (χ0) is 31.8. The topological polar surface area (TPSA) is 146 Å². The standard InChI is InChI=1S/2C15H23N3O3S/c2*1-15(2)11(14(20)21)18-12(19)10(13(18)22-15)16-9-17-7-5-3-4-6-8-17/h2*9-11,13H,3-8H2,1-2H3,(H,20,21)/t2*10-,11+,13-/m11/s1. The number of aliphatic carboxylic acids is 2. The summed E-state index contributed by atoms with van der Waals surface area (Å²) in [6, 6.07) is -2.34. The Morgan fingerprint density at radius 3 is 1.27 bits per heavy atom. The van der Waals surface area contributed by atoms with E-state index in [4.69, 9.17) is 0 Å². The third-order valence-corrected chi connectivity index (χ3v) is 12.5. The lowest BCUT2D eigenvalue weighted by Gasteiger charge is -2.41. The quantitative estimate of drug-likeness (QED) is 0.250. The molecule has 244 valence electrons. The predicted molar refractivity (Wildman–Crippen MR) is 172 cm³/mol. The van der Waals surface area contributed by atoms with E-state index in [1.807, 2.05) is 40.4 Å². The van der Waals surface area contributed by atoms with Gasteiger partial charge in [-0.1, -0.05) is 25.7 Å². The van der Waals surface area contributed by atoms with Crippen molar-refractivity contribution in [2.24, 2.45) is 9.98 Å². The van der Waals surface area contributed by atoms with E-state index in [9.17, 15) is 29.4 Å². The first-order valence-electron chi connectivity index (χ1n) is 15.8. The summed E-state index contributed by atoms with van der Waals surface area (Å²) < 4.78 is -0.946. The molecular weight excluding hydrogens is 605 g/mol. The van der Waals surface area contributed by atoms with Gasteiger partial charge in [0.15, 0.2) is 12.1 Å². The van der Waals surface area contributed by atoms with Crippen molar-refractivity contribution < 1.29 is 29.4 Å². The van der Waals surface area contributed by atoms with E-state index in [1.54, 1.807) is 23.5 Å². The third-order valence-electron chi connectivity index (χ3n) is 9.36. The van der Waals surface area contributed by atoms with Crippen molar-refractivity contribution in [3.63, 3.8) is 0 Å². The lowest BCUT2D eigenvalue weighted by atomic mass is 9.96. The average Bonchev–Trinajstić information content (AvgIpc) is 3.16. The zero-order valence-corrected chi connectivity index (χ0v) is 27.8. The summed E-state index contributed by atoms with van der Waals surface area (Å²) >= 11 is 3.10. The number of rotatable bonds is 6. The van der Waals surface area contributed by atoms with Crippen molar-refractivity contribution in [1.29, 1.82) is 0 Å². The van der Waals surface area contributed by atoms with Crippen molar-refractivity contribution in [3.05, 3.63) is 0 Å². The van der Waals surface area contributed by atoms with Gasteiger partial charge in [-0.15, -0.1) is 23.5 Å². The molecule has 2 N–H and O–H groups in total. The maximum absolute atomic E-state index is 12.3. The van der Waals surface area contributed by atoms with E-state index in [-0.39, 0.29) is 22.6 Å². The third kappa shape index (κ3) is 6.43. The van der Waals surface area contributed by atoms with Gasteiger partial charge in [-0.05, 0) is 53.4 Å². The maximum atomic E-state index is 12.3. The van der Waals surface area contributed by atoms with E-state index < -0.39 is 45.6 Å². The van der Waals surface area contributed by atoms with Gasteiger partial charge in [0.05, 0.1) is 12.7 Å². The Morgan fingerprint density at radius 2 is 0.977 bits per heavy atom. The van der Waals surface area contributed by atoms with Crippen LogP contribution >= 0.6 is 23.5 Å². The van der Waals surface area contributed by atoms with Crippen LogP contribution < -0.4 is 0 Å². The van der Waals surface area contributed by atoms with Gasteiger partial charge in [-0.2, -0.15) is 0 Å². The number of carboxylic acids is 2. The summed E-state index contributed by atoms with van der Waals surface area (Å²) in [5, 5.41) is 18.5. The molecule has 0 bridgehead atoms. The van der Waals surface area contributed by atoms with Crippen molar-refractivity contribution in [1.82, 2.24) is 19.6 Å². The first-order valence-corrected chi connectivity index (χ1v) is 17.6. The zero-order valence-electron chi connectivity index (χ0n) is 26.1. The second-order valence-electron chi connectivity index (χ2n) is 13.5. The molecule has 14 heteroatoms. The first kappa shape index (κ1) is 32.9. The summed E-state index contributed by atoms with van der Waals surface area (Å²) in [6.45, 7) is 11.5. The minimum atomic E-state index is -0.928. The van der Waals surface area contributed by atoms with Crippen molar-refractivity contribution in [3.8, 4) is 0 Å². The van der Waals surface area contributed by atoms with Crippen molar-refractivity contribution in [2.75, 3.05) is 26.2 Å². The van der Waals surface area contributed by atoms with Crippen LogP contribution in [0.1, 0.15) is 79.1 Å². The van der Waals surface area contributed by atoms with Gasteiger partial charge in [0.2, 0.25) is 0 Å². The lowest BCUT2D eigenvalue weighted by Crippen LogP contribution is -2.65. The van der Waals surface area contributed by atoms with Gasteiger partial charge in [0, 0.05) is 35.7 Å². The number of β-lactam (4-membered cyclic amide) rings is 2. The molecule has 6 rings (SSSR count). The van der Waals surface area contributed by atoms with E-state index in [1.165, 1.54) is 61.2 Å². The number of fused-ring (bicyclic) bond motifs is 2. The van der Waals surface area contributed by atoms with Gasteiger partial charge < -0.3 is 29.8 Å². The maximum Gasteiger partial charge on any atom is 0.327 e. The number of carboxylic acid groups (broad SMARTS) is 2. The Bertz CT molecular complexity index is 1090. The molecule has 12 nitrogen and oxygen atoms in total. The van der Waals surface area contributed by atoms with E-state index in [0.29, 0.717) is 0 Å². The van der Waals surface area contributed by atoms with Crippen LogP contribution in [0.4, 0.5) is 0 Å². The fourth-order valence-electron chi connectivity index (χ4n) is 7.01. The van der Waals surface area contributed by atoms with Gasteiger partial charge in [0.25, 0.3) is 11.8 Å². The molecule has 6 fully saturated rings. The molecule has 6 atom stereocenters. The van der Waals surface area contributed by atoms with Gasteiger partial charge in [-0.25, -0.2) is 9.59 Å². The second-order valence-corrected chi connectivity index (χ2v) is 17.1. The van der Waals surface area contributed by atoms with Crippen LogP contribution in [0, 0.1) is 0 Å². The lowest BCUT2D eigenvalue weighted by molar-refractivity contribution is -0.158. The molecule has 0 aromatic rings. The van der Waals surface area contributed by atoms with Gasteiger partial charge in [-0.3, -0.25) is 19.6 Å². The molecule has 2 amide bonds. The Hall–Kier alpha value is -2.48. The van der Waals surface area contributed by atoms with Crippen LogP contribution in [0.5, 0.6) is 0 Å². The highest BCUT2D eigenvalue weighted by Crippen LogP contribution is 2.52. The number of aliphatic imine (C=N–C) groups is 2. The Labute approximate surface area is 268 Å². The number of carbonyl (C=O) groups excluding carboxylic acids is 2. The molecule has 6 aliphatic heterocycles. The largest absolute Gasteiger partial charge is 0.480 e. The molecule has 6 aliphatic rings. The normalized spacial score (nSPS) is 34.5. The molecule has 0 aromatic heterocycles. The number of nitrogens with zero attached hydrogens (tertiary/aromatic N) is 6. The Balaban J connectivity index is 0.000000175. The highest BCUT2D eigenvalue weighted by Gasteiger charge is 2.65. The van der Waals surface area contributed by atoms with Crippen LogP contribution in [-0.2, 0) is 19.2 Å². The average molecular weight is 651 g/mol. The second kappa shape index (κ2) is 13.1. The fraction of sp³-hybridized carbons (Fsp3) is 0.800. The molecular formula is C30H46N6O6S2. The molecule has 0 unspecified atom stereocenters. The van der Waals surface area contributed by atoms with Crippen LogP contribution in [0.15, 0.2) is 9.98 Å². The van der Waals surface area contributed by atoms with Crippen LogP contribution in [-0.4, -0.2) is 137 Å². The Morgan fingerprint density at radius 1 is 0.659 bits per heavy atom. The molecule has 6 saturated heterocycles. The predicted octanol–water partition coefficient (Wildman–Crippen LogP) is 2.81. The summed E-state index contributed by atoms with van der Waals surface area (Å²) in [7, 11) is 0. The molecule has 0 aliphatic carbocycles. The summed E-state index contributed by atoms with van der Waals surface area (Å²) in [5.41, 5.74) is 0. The first-order chi connectivity index (χ1) is 20.8. The molecule has 0 aromatic carbocycles. The number of hydrogen-bond donors (Lipinski definition) is 2. The van der Waals surface area contributed by atoms with Gasteiger partial charge in [0.1, 0.15) is 22.8 Å². The minimum Gasteiger partial charge on any atom is -0.480 e. The smallest absolute Gasteiger partial charge is 0.327 e. The number of hydrogen-bond acceptors (Lipinski definition) is 8. The molecule has 0 saturated carbocycles. The van der Waals surface area contributed by atoms with E-state index in [0.717, 1.165) is 26.2 Å². The van der Waals surface area contributed by atoms with Crippen LogP contribution in [0.3, 0.4) is 0 Å². The van der Waals surface area contributed by atoms with Crippen LogP contribution in [0.25, 0.3) is 0 Å². The van der Waals surface area contributed by atoms with Crippen molar-refractivity contribution in [2.45, 2.75) is 123 Å².